The molecule has 0 aliphatic carbocycles. The predicted molar refractivity (Wildman–Crippen MR) is 138 cm³/mol. The van der Waals surface area contributed by atoms with Gasteiger partial charge in [-0.05, 0) is 88.1 Å². The summed E-state index contributed by atoms with van der Waals surface area (Å²) in [6, 6.07) is 12.5. The van der Waals surface area contributed by atoms with Crippen molar-refractivity contribution in [1.82, 2.24) is 9.97 Å². The van der Waals surface area contributed by atoms with E-state index in [2.05, 4.69) is 34.3 Å². The Balaban J connectivity index is 1.50. The molecule has 190 valence electrons. The lowest BCUT2D eigenvalue weighted by Crippen LogP contribution is -2.35. The highest BCUT2D eigenvalue weighted by Gasteiger charge is 2.27. The summed E-state index contributed by atoms with van der Waals surface area (Å²) < 4.78 is 24.2. The van der Waals surface area contributed by atoms with Crippen LogP contribution in [0.1, 0.15) is 55.1 Å². The smallest absolute Gasteiger partial charge is 0.305 e. The number of anilines is 3. The zero-order chi connectivity index (χ0) is 25.7. The number of hydrogen-bond donors (Lipinski definition) is 1. The quantitative estimate of drug-likeness (QED) is 0.298. The first-order chi connectivity index (χ1) is 17.4. The molecule has 8 heteroatoms. The molecule has 36 heavy (non-hydrogen) atoms. The van der Waals surface area contributed by atoms with Crippen molar-refractivity contribution in [2.45, 2.75) is 53.0 Å². The predicted octanol–water partition coefficient (Wildman–Crippen LogP) is 5.82. The molecule has 1 aliphatic rings. The Morgan fingerprint density at radius 1 is 1.17 bits per heavy atom. The Morgan fingerprint density at radius 3 is 2.69 bits per heavy atom. The number of hydrogen-bond acceptors (Lipinski definition) is 7. The maximum atomic E-state index is 13.3. The summed E-state index contributed by atoms with van der Waals surface area (Å²) in [7, 11) is 0. The van der Waals surface area contributed by atoms with Crippen molar-refractivity contribution in [1.29, 1.82) is 0 Å². The number of rotatable bonds is 9. The summed E-state index contributed by atoms with van der Waals surface area (Å²) in [5.41, 5.74) is 5.15. The number of carbonyl (C=O) groups is 1. The van der Waals surface area contributed by atoms with Gasteiger partial charge in [-0.2, -0.15) is 4.98 Å². The lowest BCUT2D eigenvalue weighted by molar-refractivity contribution is -0.143. The molecule has 3 aromatic rings. The number of fused-ring (bicyclic) bond motifs is 1. The van der Waals surface area contributed by atoms with Gasteiger partial charge in [0.1, 0.15) is 17.4 Å². The molecule has 1 N–H and O–H groups in total. The van der Waals surface area contributed by atoms with E-state index in [1.54, 1.807) is 19.1 Å². The molecule has 0 saturated heterocycles. The minimum absolute atomic E-state index is 0.0866. The zero-order valence-corrected chi connectivity index (χ0v) is 21.3. The SMILES string of the molecule is CCOC(=O)CCCOc1ccc2c(c1)C(C)N(c1nc(Nc3ccc(F)cc3)nc(C)c1C)CC2. The van der Waals surface area contributed by atoms with Gasteiger partial charge in [0.15, 0.2) is 0 Å². The second-order valence-corrected chi connectivity index (χ2v) is 8.95. The van der Waals surface area contributed by atoms with Crippen molar-refractivity contribution in [3.8, 4) is 5.75 Å². The normalized spacial score (nSPS) is 14.8. The molecule has 0 spiro atoms. The zero-order valence-electron chi connectivity index (χ0n) is 21.3. The molecular weight excluding hydrogens is 459 g/mol. The van der Waals surface area contributed by atoms with Crippen LogP contribution >= 0.6 is 0 Å². The summed E-state index contributed by atoms with van der Waals surface area (Å²) in [5, 5.41) is 3.20. The number of benzene rings is 2. The lowest BCUT2D eigenvalue weighted by atomic mass is 9.93. The van der Waals surface area contributed by atoms with E-state index in [1.807, 2.05) is 19.9 Å². The molecule has 0 radical (unpaired) electrons. The Bertz CT molecular complexity index is 1220. The molecule has 0 amide bonds. The molecule has 1 aliphatic heterocycles. The van der Waals surface area contributed by atoms with E-state index in [4.69, 9.17) is 14.5 Å². The minimum atomic E-state index is -0.287. The molecule has 0 bridgehead atoms. The number of nitrogens with zero attached hydrogens (tertiary/aromatic N) is 3. The topological polar surface area (TPSA) is 76.6 Å². The summed E-state index contributed by atoms with van der Waals surface area (Å²) in [6.45, 7) is 9.68. The van der Waals surface area contributed by atoms with Gasteiger partial charge in [0, 0.05) is 29.9 Å². The van der Waals surface area contributed by atoms with Gasteiger partial charge in [-0.3, -0.25) is 4.79 Å². The van der Waals surface area contributed by atoms with E-state index in [1.165, 1.54) is 23.3 Å². The number of aromatic nitrogens is 2. The van der Waals surface area contributed by atoms with E-state index < -0.39 is 0 Å². The van der Waals surface area contributed by atoms with E-state index in [0.29, 0.717) is 32.0 Å². The van der Waals surface area contributed by atoms with Crippen LogP contribution in [0.3, 0.4) is 0 Å². The number of ether oxygens (including phenoxy) is 2. The van der Waals surface area contributed by atoms with Crippen LogP contribution < -0.4 is 15.0 Å². The van der Waals surface area contributed by atoms with E-state index in [9.17, 15) is 9.18 Å². The van der Waals surface area contributed by atoms with Gasteiger partial charge in [-0.15, -0.1) is 0 Å². The molecule has 2 aromatic carbocycles. The Morgan fingerprint density at radius 2 is 1.94 bits per heavy atom. The van der Waals surface area contributed by atoms with Crippen LogP contribution in [0, 0.1) is 19.7 Å². The average molecular weight is 493 g/mol. The van der Waals surface area contributed by atoms with Crippen LogP contribution in [-0.4, -0.2) is 35.7 Å². The fourth-order valence-corrected chi connectivity index (χ4v) is 4.42. The second kappa shape index (κ2) is 11.4. The van der Waals surface area contributed by atoms with Crippen LogP contribution in [0.15, 0.2) is 42.5 Å². The Kier molecular flexibility index (Phi) is 8.03. The number of carbonyl (C=O) groups excluding carboxylic acids is 1. The molecule has 2 heterocycles. The van der Waals surface area contributed by atoms with E-state index >= 15 is 0 Å². The monoisotopic (exact) mass is 492 g/mol. The van der Waals surface area contributed by atoms with Gasteiger partial charge in [0.25, 0.3) is 0 Å². The van der Waals surface area contributed by atoms with Crippen molar-refractivity contribution in [2.75, 3.05) is 30.0 Å². The Hall–Kier alpha value is -3.68. The van der Waals surface area contributed by atoms with Gasteiger partial charge < -0.3 is 19.7 Å². The molecule has 4 rings (SSSR count). The largest absolute Gasteiger partial charge is 0.494 e. The molecule has 0 saturated carbocycles. The highest BCUT2D eigenvalue weighted by Crippen LogP contribution is 2.37. The number of halogens is 1. The van der Waals surface area contributed by atoms with Crippen molar-refractivity contribution >= 4 is 23.4 Å². The van der Waals surface area contributed by atoms with Gasteiger partial charge in [-0.25, -0.2) is 9.37 Å². The van der Waals surface area contributed by atoms with Crippen LogP contribution in [0.2, 0.25) is 0 Å². The summed E-state index contributed by atoms with van der Waals surface area (Å²) >= 11 is 0. The fourth-order valence-electron chi connectivity index (χ4n) is 4.42. The number of aryl methyl sites for hydroxylation is 1. The van der Waals surface area contributed by atoms with Gasteiger partial charge >= 0.3 is 5.97 Å². The van der Waals surface area contributed by atoms with Crippen molar-refractivity contribution < 1.29 is 18.7 Å². The minimum Gasteiger partial charge on any atom is -0.494 e. The standard InChI is InChI=1S/C28H33FN4O3/c1-5-35-26(34)7-6-16-36-24-13-8-21-14-15-33(20(4)25(21)17-24)27-18(2)19(3)30-28(32-27)31-23-11-9-22(29)10-12-23/h8-13,17,20H,5-7,14-16H2,1-4H3,(H,30,31,32). The summed E-state index contributed by atoms with van der Waals surface area (Å²) in [4.78, 5) is 23.3. The van der Waals surface area contributed by atoms with Crippen LogP contribution in [0.25, 0.3) is 0 Å². The fraction of sp³-hybridized carbons (Fsp3) is 0.393. The van der Waals surface area contributed by atoms with Crippen LogP contribution in [0.5, 0.6) is 5.75 Å². The summed E-state index contributed by atoms with van der Waals surface area (Å²) in [5.74, 6) is 1.67. The molecule has 1 aromatic heterocycles. The highest BCUT2D eigenvalue weighted by atomic mass is 19.1. The maximum Gasteiger partial charge on any atom is 0.305 e. The Labute approximate surface area is 211 Å². The van der Waals surface area contributed by atoms with Crippen molar-refractivity contribution in [3.63, 3.8) is 0 Å². The lowest BCUT2D eigenvalue weighted by Gasteiger charge is -2.37. The van der Waals surface area contributed by atoms with E-state index in [-0.39, 0.29) is 17.8 Å². The number of esters is 1. The first kappa shape index (κ1) is 25.4. The third-order valence-corrected chi connectivity index (χ3v) is 6.49. The van der Waals surface area contributed by atoms with Crippen molar-refractivity contribution in [3.05, 3.63) is 70.7 Å². The molecule has 0 fully saturated rings. The van der Waals surface area contributed by atoms with Crippen LogP contribution in [0.4, 0.5) is 21.8 Å². The first-order valence-electron chi connectivity index (χ1n) is 12.4. The van der Waals surface area contributed by atoms with E-state index in [0.717, 1.165) is 41.5 Å². The van der Waals surface area contributed by atoms with Gasteiger partial charge in [0.2, 0.25) is 5.95 Å². The molecule has 1 atom stereocenters. The average Bonchev–Trinajstić information content (AvgIpc) is 2.86. The maximum absolute atomic E-state index is 13.3. The molecular formula is C28H33FN4O3. The number of nitrogens with one attached hydrogen (secondary N) is 1. The second-order valence-electron chi connectivity index (χ2n) is 8.95. The molecule has 1 unspecified atom stereocenters. The van der Waals surface area contributed by atoms with Crippen molar-refractivity contribution in [2.24, 2.45) is 0 Å². The molecule has 7 nitrogen and oxygen atoms in total. The first-order valence-corrected chi connectivity index (χ1v) is 12.4. The summed E-state index contributed by atoms with van der Waals surface area (Å²) in [6.07, 6.45) is 1.86. The van der Waals surface area contributed by atoms with Crippen LogP contribution in [-0.2, 0) is 16.0 Å². The third kappa shape index (κ3) is 5.93. The van der Waals surface area contributed by atoms with Gasteiger partial charge in [-0.1, -0.05) is 6.07 Å². The highest BCUT2D eigenvalue weighted by molar-refractivity contribution is 5.69. The third-order valence-electron chi connectivity index (χ3n) is 6.49. The van der Waals surface area contributed by atoms with Gasteiger partial charge in [0.05, 0.1) is 19.3 Å².